The Bertz CT molecular complexity index is 433. The van der Waals surface area contributed by atoms with Crippen molar-refractivity contribution >= 4 is 27.3 Å². The third-order valence-corrected chi connectivity index (χ3v) is 2.55. The summed E-state index contributed by atoms with van der Waals surface area (Å²) >= 11 is 1.59. The Morgan fingerprint density at radius 2 is 2.42 bits per heavy atom. The maximum absolute atomic E-state index is 11.0. The molecule has 0 saturated heterocycles. The number of fused-ring (bicyclic) bond motifs is 1. The maximum Gasteiger partial charge on any atom is 0.161 e. The molecule has 2 heterocycles. The highest BCUT2D eigenvalue weighted by Crippen LogP contribution is 2.18. The van der Waals surface area contributed by atoms with E-state index in [1.165, 1.54) is 0 Å². The highest BCUT2D eigenvalue weighted by molar-refractivity contribution is 7.16. The molecule has 0 unspecified atom stereocenters. The number of aromatic nitrogens is 1. The summed E-state index contributed by atoms with van der Waals surface area (Å²) in [5.74, 6) is 0.0654. The molecule has 2 nitrogen and oxygen atoms in total. The third-order valence-electron chi connectivity index (χ3n) is 1.71. The molecule has 0 N–H and O–H groups in total. The van der Waals surface area contributed by atoms with Crippen molar-refractivity contribution in [1.29, 1.82) is 0 Å². The Morgan fingerprint density at radius 3 is 3.17 bits per heavy atom. The van der Waals surface area contributed by atoms with Crippen LogP contribution in [-0.4, -0.2) is 10.8 Å². The lowest BCUT2D eigenvalue weighted by molar-refractivity contribution is 0.101. The number of hydrogen-bond donors (Lipinski definition) is 0. The van der Waals surface area contributed by atoms with Crippen molar-refractivity contribution in [3.63, 3.8) is 0 Å². The zero-order valence-electron chi connectivity index (χ0n) is 6.57. The number of Topliss-reactive ketones (excluding diaryl/α,β-unsaturated/α-hetero) is 1. The molecular formula is C9H7NOS. The van der Waals surface area contributed by atoms with Crippen LogP contribution in [0.4, 0.5) is 0 Å². The molecule has 2 aromatic heterocycles. The molecule has 60 valence electrons. The molecule has 0 bridgehead atoms. The molecule has 0 aromatic carbocycles. The Morgan fingerprint density at radius 1 is 1.58 bits per heavy atom. The summed E-state index contributed by atoms with van der Waals surface area (Å²) in [6, 6.07) is 3.85. The Hall–Kier alpha value is -1.22. The van der Waals surface area contributed by atoms with Gasteiger partial charge in [-0.3, -0.25) is 4.79 Å². The van der Waals surface area contributed by atoms with Gasteiger partial charge in [0.15, 0.2) is 5.78 Å². The highest BCUT2D eigenvalue weighted by Gasteiger charge is 2.01. The minimum atomic E-state index is 0.0654. The standard InChI is InChI=1S/C9H7NOS/c1-6(11)8-4-7-2-3-12-9(7)10-5-8/h2-5H,1H3. The van der Waals surface area contributed by atoms with E-state index in [0.29, 0.717) is 5.56 Å². The molecule has 0 aliphatic carbocycles. The second-order valence-corrected chi connectivity index (χ2v) is 3.49. The van der Waals surface area contributed by atoms with E-state index in [4.69, 9.17) is 0 Å². The Kier molecular flexibility index (Phi) is 1.66. The molecule has 0 fully saturated rings. The van der Waals surface area contributed by atoms with E-state index in [1.807, 2.05) is 17.5 Å². The number of pyridine rings is 1. The lowest BCUT2D eigenvalue weighted by Gasteiger charge is -1.93. The monoisotopic (exact) mass is 177 g/mol. The van der Waals surface area contributed by atoms with Crippen LogP contribution in [0.15, 0.2) is 23.7 Å². The molecule has 0 spiro atoms. The van der Waals surface area contributed by atoms with Gasteiger partial charge in [-0.1, -0.05) is 0 Å². The number of nitrogens with zero attached hydrogens (tertiary/aromatic N) is 1. The summed E-state index contributed by atoms with van der Waals surface area (Å²) in [4.78, 5) is 16.1. The van der Waals surface area contributed by atoms with Crippen molar-refractivity contribution in [2.45, 2.75) is 6.92 Å². The number of thiophene rings is 1. The lowest BCUT2D eigenvalue weighted by atomic mass is 10.2. The van der Waals surface area contributed by atoms with Gasteiger partial charge in [0.25, 0.3) is 0 Å². The predicted molar refractivity (Wildman–Crippen MR) is 49.6 cm³/mol. The smallest absolute Gasteiger partial charge is 0.161 e. The number of rotatable bonds is 1. The Balaban J connectivity index is 2.68. The van der Waals surface area contributed by atoms with Gasteiger partial charge in [-0.25, -0.2) is 4.98 Å². The van der Waals surface area contributed by atoms with Crippen LogP contribution < -0.4 is 0 Å². The first-order valence-corrected chi connectivity index (χ1v) is 4.49. The SMILES string of the molecule is CC(=O)c1cnc2sccc2c1. The fraction of sp³-hybridized carbons (Fsp3) is 0.111. The van der Waals surface area contributed by atoms with E-state index < -0.39 is 0 Å². The normalized spacial score (nSPS) is 10.4. The van der Waals surface area contributed by atoms with Gasteiger partial charge in [0.05, 0.1) is 0 Å². The van der Waals surface area contributed by atoms with E-state index >= 15 is 0 Å². The summed E-state index contributed by atoms with van der Waals surface area (Å²) in [5, 5.41) is 3.02. The van der Waals surface area contributed by atoms with Gasteiger partial charge < -0.3 is 0 Å². The van der Waals surface area contributed by atoms with Crippen LogP contribution in [0.2, 0.25) is 0 Å². The van der Waals surface area contributed by atoms with Crippen molar-refractivity contribution < 1.29 is 4.79 Å². The second kappa shape index (κ2) is 2.68. The van der Waals surface area contributed by atoms with Gasteiger partial charge in [0, 0.05) is 17.1 Å². The van der Waals surface area contributed by atoms with Crippen LogP contribution in [0, 0.1) is 0 Å². The average Bonchev–Trinajstić information content (AvgIpc) is 2.49. The fourth-order valence-electron chi connectivity index (χ4n) is 1.05. The molecule has 0 atom stereocenters. The van der Waals surface area contributed by atoms with E-state index in [2.05, 4.69) is 4.98 Å². The van der Waals surface area contributed by atoms with Gasteiger partial charge in [-0.05, 0) is 24.4 Å². The van der Waals surface area contributed by atoms with Gasteiger partial charge in [-0.2, -0.15) is 0 Å². The molecule has 12 heavy (non-hydrogen) atoms. The van der Waals surface area contributed by atoms with Crippen molar-refractivity contribution in [2.24, 2.45) is 0 Å². The van der Waals surface area contributed by atoms with E-state index in [0.717, 1.165) is 10.2 Å². The first-order valence-electron chi connectivity index (χ1n) is 3.61. The largest absolute Gasteiger partial charge is 0.294 e. The molecule has 0 amide bonds. The third kappa shape index (κ3) is 1.12. The highest BCUT2D eigenvalue weighted by atomic mass is 32.1. The summed E-state index contributed by atoms with van der Waals surface area (Å²) in [6.07, 6.45) is 1.63. The van der Waals surface area contributed by atoms with Gasteiger partial charge in [0.1, 0.15) is 4.83 Å². The summed E-state index contributed by atoms with van der Waals surface area (Å²) in [6.45, 7) is 1.55. The molecule has 0 saturated carbocycles. The summed E-state index contributed by atoms with van der Waals surface area (Å²) < 4.78 is 0. The van der Waals surface area contributed by atoms with Crippen molar-refractivity contribution in [1.82, 2.24) is 4.98 Å². The van der Waals surface area contributed by atoms with Crippen LogP contribution in [0.25, 0.3) is 10.2 Å². The molecule has 2 rings (SSSR count). The molecular weight excluding hydrogens is 170 g/mol. The van der Waals surface area contributed by atoms with E-state index in [1.54, 1.807) is 24.5 Å². The first-order chi connectivity index (χ1) is 5.77. The number of ketones is 1. The quantitative estimate of drug-likeness (QED) is 0.626. The van der Waals surface area contributed by atoms with Crippen molar-refractivity contribution in [3.8, 4) is 0 Å². The van der Waals surface area contributed by atoms with Crippen molar-refractivity contribution in [3.05, 3.63) is 29.3 Å². The van der Waals surface area contributed by atoms with Crippen LogP contribution in [-0.2, 0) is 0 Å². The Labute approximate surface area is 73.9 Å². The molecule has 0 aliphatic heterocycles. The zero-order chi connectivity index (χ0) is 8.55. The van der Waals surface area contributed by atoms with E-state index in [9.17, 15) is 4.79 Å². The molecule has 2 aromatic rings. The van der Waals surface area contributed by atoms with Crippen molar-refractivity contribution in [2.75, 3.05) is 0 Å². The molecule has 3 heteroatoms. The first kappa shape index (κ1) is 7.43. The molecule has 0 radical (unpaired) electrons. The number of carbonyl (C=O) groups is 1. The van der Waals surface area contributed by atoms with Crippen LogP contribution >= 0.6 is 11.3 Å². The minimum Gasteiger partial charge on any atom is -0.294 e. The predicted octanol–water partition coefficient (Wildman–Crippen LogP) is 2.50. The number of hydrogen-bond acceptors (Lipinski definition) is 3. The zero-order valence-corrected chi connectivity index (χ0v) is 7.39. The number of carbonyl (C=O) groups excluding carboxylic acids is 1. The van der Waals surface area contributed by atoms with Gasteiger partial charge >= 0.3 is 0 Å². The summed E-state index contributed by atoms with van der Waals surface area (Å²) in [5.41, 5.74) is 0.681. The maximum atomic E-state index is 11.0. The van der Waals surface area contributed by atoms with Crippen LogP contribution in [0.1, 0.15) is 17.3 Å². The van der Waals surface area contributed by atoms with Crippen LogP contribution in [0.3, 0.4) is 0 Å². The lowest BCUT2D eigenvalue weighted by Crippen LogP contribution is -1.91. The van der Waals surface area contributed by atoms with Gasteiger partial charge in [0.2, 0.25) is 0 Å². The summed E-state index contributed by atoms with van der Waals surface area (Å²) in [7, 11) is 0. The average molecular weight is 177 g/mol. The molecule has 0 aliphatic rings. The fourth-order valence-corrected chi connectivity index (χ4v) is 1.77. The van der Waals surface area contributed by atoms with Gasteiger partial charge in [-0.15, -0.1) is 11.3 Å². The topological polar surface area (TPSA) is 30.0 Å². The van der Waals surface area contributed by atoms with E-state index in [-0.39, 0.29) is 5.78 Å². The minimum absolute atomic E-state index is 0.0654. The van der Waals surface area contributed by atoms with Crippen LogP contribution in [0.5, 0.6) is 0 Å². The second-order valence-electron chi connectivity index (χ2n) is 2.60.